The molecule has 0 fully saturated rings. The van der Waals surface area contributed by atoms with E-state index in [4.69, 9.17) is 27.2 Å². The molecule has 0 unspecified atom stereocenters. The molecule has 27 heavy (non-hydrogen) atoms. The minimum atomic E-state index is -1.12. The molecule has 0 aliphatic rings. The molecule has 0 aliphatic carbocycles. The summed E-state index contributed by atoms with van der Waals surface area (Å²) in [6.07, 6.45) is 2.54. The van der Waals surface area contributed by atoms with Gasteiger partial charge in [-0.3, -0.25) is 4.90 Å². The maximum absolute atomic E-state index is 11.1. The topological polar surface area (TPSA) is 114 Å². The predicted octanol–water partition coefficient (Wildman–Crippen LogP) is 3.45. The minimum Gasteiger partial charge on any atom is -0.475 e. The van der Waals surface area contributed by atoms with Crippen LogP contribution >= 0.6 is 11.6 Å². The number of halogens is 1. The first-order valence-corrected chi connectivity index (χ1v) is 8.83. The Bertz CT molecular complexity index is 813. The molecule has 2 aromatic rings. The van der Waals surface area contributed by atoms with E-state index < -0.39 is 11.6 Å². The summed E-state index contributed by atoms with van der Waals surface area (Å²) in [5.74, 6) is 0.986. The van der Waals surface area contributed by atoms with Gasteiger partial charge in [0.05, 0.1) is 5.69 Å². The fourth-order valence-electron chi connectivity index (χ4n) is 2.68. The lowest BCUT2D eigenvalue weighted by molar-refractivity contribution is 0.201. The summed E-state index contributed by atoms with van der Waals surface area (Å²) < 4.78 is 5.70. The first kappa shape index (κ1) is 20.9. The van der Waals surface area contributed by atoms with Crippen LogP contribution in [-0.4, -0.2) is 45.3 Å². The highest BCUT2D eigenvalue weighted by Gasteiger charge is 2.22. The van der Waals surface area contributed by atoms with Gasteiger partial charge in [0.15, 0.2) is 0 Å². The summed E-state index contributed by atoms with van der Waals surface area (Å²) in [7, 11) is 1.40. The average molecular weight is 394 g/mol. The zero-order chi connectivity index (χ0) is 20.2. The highest BCUT2D eigenvalue weighted by molar-refractivity contribution is 6.32. The first-order valence-electron chi connectivity index (χ1n) is 8.45. The lowest BCUT2D eigenvalue weighted by Crippen LogP contribution is -2.43. The second-order valence-electron chi connectivity index (χ2n) is 7.15. The molecule has 1 atom stereocenters. The lowest BCUT2D eigenvalue weighted by atomic mass is 9.93. The summed E-state index contributed by atoms with van der Waals surface area (Å²) in [4.78, 5) is 24.4. The van der Waals surface area contributed by atoms with Crippen molar-refractivity contribution in [2.45, 2.75) is 32.7 Å². The Balaban J connectivity index is 2.17. The maximum Gasteiger partial charge on any atom is 0.412 e. The largest absolute Gasteiger partial charge is 0.475 e. The predicted molar refractivity (Wildman–Crippen MR) is 104 cm³/mol. The van der Waals surface area contributed by atoms with Crippen molar-refractivity contribution in [2.24, 2.45) is 11.7 Å². The molecule has 0 radical (unpaired) electrons. The van der Waals surface area contributed by atoms with E-state index in [1.54, 1.807) is 18.3 Å². The van der Waals surface area contributed by atoms with Crippen molar-refractivity contribution in [3.8, 4) is 17.1 Å². The Morgan fingerprint density at radius 3 is 2.67 bits per heavy atom. The molecule has 2 heterocycles. The highest BCUT2D eigenvalue weighted by Crippen LogP contribution is 2.29. The van der Waals surface area contributed by atoms with Gasteiger partial charge in [0, 0.05) is 30.4 Å². The zero-order valence-corrected chi connectivity index (χ0v) is 16.6. The number of aromatic nitrogens is 3. The van der Waals surface area contributed by atoms with Crippen LogP contribution in [0.15, 0.2) is 24.7 Å². The standard InChI is InChI=1S/C18H24ClN5O3/c1-11(2)7-18(3,20)9-27-16-13(19)5-12(8-21-16)14-6-15(23-10-22-14)24(4)17(25)26/h5-6,8,10-11H,7,9,20H2,1-4H3,(H,25,26)/t18-/m0/s1. The Kier molecular flexibility index (Phi) is 6.56. The Hall–Kier alpha value is -2.45. The van der Waals surface area contributed by atoms with E-state index in [1.807, 2.05) is 6.92 Å². The molecule has 0 saturated heterocycles. The molecular weight excluding hydrogens is 370 g/mol. The average Bonchev–Trinajstić information content (AvgIpc) is 2.59. The molecule has 0 aromatic carbocycles. The van der Waals surface area contributed by atoms with E-state index in [2.05, 4.69) is 28.8 Å². The molecule has 1 amide bonds. The maximum atomic E-state index is 11.1. The van der Waals surface area contributed by atoms with Crippen LogP contribution in [0.4, 0.5) is 10.6 Å². The summed E-state index contributed by atoms with van der Waals surface area (Å²) in [6.45, 7) is 6.42. The third-order valence-electron chi connectivity index (χ3n) is 3.80. The zero-order valence-electron chi connectivity index (χ0n) is 15.8. The van der Waals surface area contributed by atoms with Gasteiger partial charge in [-0.1, -0.05) is 25.4 Å². The smallest absolute Gasteiger partial charge is 0.412 e. The lowest BCUT2D eigenvalue weighted by Gasteiger charge is -2.26. The quantitative estimate of drug-likeness (QED) is 0.740. The van der Waals surface area contributed by atoms with Crippen molar-refractivity contribution in [3.63, 3.8) is 0 Å². The summed E-state index contributed by atoms with van der Waals surface area (Å²) in [6, 6.07) is 3.20. The fraction of sp³-hybridized carbons (Fsp3) is 0.444. The summed E-state index contributed by atoms with van der Waals surface area (Å²) >= 11 is 6.29. The van der Waals surface area contributed by atoms with Crippen LogP contribution in [0.5, 0.6) is 5.88 Å². The molecule has 9 heteroatoms. The summed E-state index contributed by atoms with van der Waals surface area (Å²) in [5, 5.41) is 9.38. The van der Waals surface area contributed by atoms with Crippen molar-refractivity contribution in [3.05, 3.63) is 29.7 Å². The van der Waals surface area contributed by atoms with Crippen molar-refractivity contribution in [1.29, 1.82) is 0 Å². The Morgan fingerprint density at radius 1 is 1.37 bits per heavy atom. The normalized spacial score (nSPS) is 13.3. The molecule has 8 nitrogen and oxygen atoms in total. The molecule has 2 rings (SSSR count). The molecule has 0 saturated carbocycles. The number of nitrogens with two attached hydrogens (primary N) is 1. The van der Waals surface area contributed by atoms with Crippen LogP contribution in [0.25, 0.3) is 11.3 Å². The van der Waals surface area contributed by atoms with Crippen molar-refractivity contribution < 1.29 is 14.6 Å². The first-order chi connectivity index (χ1) is 12.6. The SMILES string of the molecule is CC(C)C[C@](C)(N)COc1ncc(-c2cc(N(C)C(=O)O)ncn2)cc1Cl. The molecular formula is C18H24ClN5O3. The van der Waals surface area contributed by atoms with Crippen LogP contribution in [0.3, 0.4) is 0 Å². The number of anilines is 1. The van der Waals surface area contributed by atoms with Crippen LogP contribution in [0.2, 0.25) is 5.02 Å². The number of hydrogen-bond acceptors (Lipinski definition) is 6. The Labute approximate surface area is 163 Å². The number of carboxylic acid groups (broad SMARTS) is 1. The third kappa shape index (κ3) is 5.77. The van der Waals surface area contributed by atoms with E-state index in [1.165, 1.54) is 13.4 Å². The fourth-order valence-corrected chi connectivity index (χ4v) is 2.90. The minimum absolute atomic E-state index is 0.247. The number of amides is 1. The number of pyridine rings is 1. The number of ether oxygens (including phenoxy) is 1. The third-order valence-corrected chi connectivity index (χ3v) is 4.07. The summed E-state index contributed by atoms with van der Waals surface area (Å²) in [5.41, 5.74) is 6.87. The van der Waals surface area contributed by atoms with E-state index in [0.717, 1.165) is 11.3 Å². The number of carbonyl (C=O) groups is 1. The van der Waals surface area contributed by atoms with Crippen LogP contribution < -0.4 is 15.4 Å². The monoisotopic (exact) mass is 393 g/mol. The van der Waals surface area contributed by atoms with Gasteiger partial charge in [0.2, 0.25) is 5.88 Å². The van der Waals surface area contributed by atoms with Crippen molar-refractivity contribution in [2.75, 3.05) is 18.6 Å². The molecule has 146 valence electrons. The van der Waals surface area contributed by atoms with Crippen LogP contribution in [-0.2, 0) is 0 Å². The van der Waals surface area contributed by atoms with E-state index >= 15 is 0 Å². The second-order valence-corrected chi connectivity index (χ2v) is 7.56. The number of hydrogen-bond donors (Lipinski definition) is 2. The van der Waals surface area contributed by atoms with Gasteiger partial charge in [-0.2, -0.15) is 0 Å². The van der Waals surface area contributed by atoms with E-state index in [0.29, 0.717) is 22.2 Å². The van der Waals surface area contributed by atoms with E-state index in [-0.39, 0.29) is 18.3 Å². The highest BCUT2D eigenvalue weighted by atomic mass is 35.5. The van der Waals surface area contributed by atoms with Crippen molar-refractivity contribution in [1.82, 2.24) is 15.0 Å². The van der Waals surface area contributed by atoms with Gasteiger partial charge in [0.25, 0.3) is 0 Å². The van der Waals surface area contributed by atoms with Crippen molar-refractivity contribution >= 4 is 23.5 Å². The molecule has 3 N–H and O–H groups in total. The van der Waals surface area contributed by atoms with Gasteiger partial charge < -0.3 is 15.6 Å². The molecule has 2 aromatic heterocycles. The van der Waals surface area contributed by atoms with Gasteiger partial charge >= 0.3 is 6.09 Å². The molecule has 0 spiro atoms. The Morgan fingerprint density at radius 2 is 2.07 bits per heavy atom. The van der Waals surface area contributed by atoms with Crippen LogP contribution in [0.1, 0.15) is 27.2 Å². The number of nitrogens with zero attached hydrogens (tertiary/aromatic N) is 4. The van der Waals surface area contributed by atoms with Gasteiger partial charge in [-0.05, 0) is 25.3 Å². The van der Waals surface area contributed by atoms with Gasteiger partial charge in [-0.15, -0.1) is 0 Å². The number of rotatable bonds is 7. The second kappa shape index (κ2) is 8.49. The molecule has 0 aliphatic heterocycles. The van der Waals surface area contributed by atoms with Gasteiger partial charge in [-0.25, -0.2) is 19.7 Å². The van der Waals surface area contributed by atoms with E-state index in [9.17, 15) is 4.79 Å². The van der Waals surface area contributed by atoms with Crippen LogP contribution in [0, 0.1) is 5.92 Å². The van der Waals surface area contributed by atoms with Gasteiger partial charge in [0.1, 0.15) is 23.8 Å². The molecule has 0 bridgehead atoms.